The van der Waals surface area contributed by atoms with Crippen molar-refractivity contribution >= 4 is 11.6 Å². The summed E-state index contributed by atoms with van der Waals surface area (Å²) >= 11 is 6.18. The number of nitrogens with zero attached hydrogens (tertiary/aromatic N) is 2. The van der Waals surface area contributed by atoms with Crippen molar-refractivity contribution in [1.82, 2.24) is 10.2 Å². The van der Waals surface area contributed by atoms with Crippen LogP contribution in [0.3, 0.4) is 0 Å². The Balaban J connectivity index is 2.10. The summed E-state index contributed by atoms with van der Waals surface area (Å²) in [4.78, 5) is 2.41. The van der Waals surface area contributed by atoms with Crippen LogP contribution in [-0.4, -0.2) is 30.6 Å². The molecule has 0 spiro atoms. The molecule has 1 heterocycles. The fourth-order valence-electron chi connectivity index (χ4n) is 2.08. The molecule has 0 aliphatic carbocycles. The van der Waals surface area contributed by atoms with Gasteiger partial charge in [-0.3, -0.25) is 4.90 Å². The topological polar surface area (TPSA) is 39.1 Å². The minimum atomic E-state index is 0.524. The molecule has 1 unspecified atom stereocenters. The Bertz CT molecular complexity index is 439. The minimum absolute atomic E-state index is 0.524. The number of halogens is 1. The van der Waals surface area contributed by atoms with Crippen LogP contribution in [0.2, 0.25) is 5.02 Å². The second-order valence-corrected chi connectivity index (χ2v) is 4.85. The van der Waals surface area contributed by atoms with Crippen LogP contribution in [-0.2, 0) is 6.54 Å². The first kappa shape index (κ1) is 12.4. The van der Waals surface area contributed by atoms with Crippen LogP contribution in [0.15, 0.2) is 18.2 Å². The van der Waals surface area contributed by atoms with Crippen LogP contribution in [0.4, 0.5) is 0 Å². The molecule has 90 valence electrons. The molecule has 2 rings (SSSR count). The van der Waals surface area contributed by atoms with Crippen molar-refractivity contribution in [3.8, 4) is 6.07 Å². The highest BCUT2D eigenvalue weighted by molar-refractivity contribution is 6.31. The molecule has 1 fully saturated rings. The molecular formula is C13H16ClN3. The number of hydrogen-bond acceptors (Lipinski definition) is 3. The highest BCUT2D eigenvalue weighted by Crippen LogP contribution is 2.20. The van der Waals surface area contributed by atoms with E-state index < -0.39 is 0 Å². The number of benzene rings is 1. The van der Waals surface area contributed by atoms with Crippen molar-refractivity contribution in [2.45, 2.75) is 19.5 Å². The van der Waals surface area contributed by atoms with Gasteiger partial charge in [-0.1, -0.05) is 17.7 Å². The molecule has 1 N–H and O–H groups in total. The SMILES string of the molecule is CC1CNCCN1Cc1ccc(C#N)cc1Cl. The van der Waals surface area contributed by atoms with Gasteiger partial charge in [-0.2, -0.15) is 5.26 Å². The molecule has 0 saturated carbocycles. The van der Waals surface area contributed by atoms with Gasteiger partial charge in [0.15, 0.2) is 0 Å². The average molecular weight is 250 g/mol. The van der Waals surface area contributed by atoms with Crippen LogP contribution in [0.5, 0.6) is 0 Å². The molecule has 17 heavy (non-hydrogen) atoms. The Morgan fingerprint density at radius 1 is 1.59 bits per heavy atom. The van der Waals surface area contributed by atoms with Gasteiger partial charge >= 0.3 is 0 Å². The van der Waals surface area contributed by atoms with Crippen molar-refractivity contribution < 1.29 is 0 Å². The van der Waals surface area contributed by atoms with Gasteiger partial charge in [-0.25, -0.2) is 0 Å². The Morgan fingerprint density at radius 3 is 3.06 bits per heavy atom. The Morgan fingerprint density at radius 2 is 2.41 bits per heavy atom. The fraction of sp³-hybridized carbons (Fsp3) is 0.462. The molecule has 1 aliphatic rings. The summed E-state index contributed by atoms with van der Waals surface area (Å²) in [5.41, 5.74) is 1.71. The Hall–Kier alpha value is -1.08. The van der Waals surface area contributed by atoms with E-state index >= 15 is 0 Å². The maximum atomic E-state index is 8.79. The maximum Gasteiger partial charge on any atom is 0.0992 e. The van der Waals surface area contributed by atoms with E-state index in [9.17, 15) is 0 Å². The molecule has 0 amide bonds. The monoisotopic (exact) mass is 249 g/mol. The first-order chi connectivity index (χ1) is 8.20. The van der Waals surface area contributed by atoms with E-state index in [2.05, 4.69) is 23.2 Å². The largest absolute Gasteiger partial charge is 0.314 e. The van der Waals surface area contributed by atoms with Crippen molar-refractivity contribution in [1.29, 1.82) is 5.26 Å². The predicted octanol–water partition coefficient (Wildman–Crippen LogP) is 2.01. The lowest BCUT2D eigenvalue weighted by Crippen LogP contribution is -2.49. The second-order valence-electron chi connectivity index (χ2n) is 4.44. The highest BCUT2D eigenvalue weighted by Gasteiger charge is 2.18. The van der Waals surface area contributed by atoms with Gasteiger partial charge in [0.05, 0.1) is 11.6 Å². The van der Waals surface area contributed by atoms with Gasteiger partial charge in [0.1, 0.15) is 0 Å². The second kappa shape index (κ2) is 5.50. The zero-order valence-electron chi connectivity index (χ0n) is 9.91. The van der Waals surface area contributed by atoms with Gasteiger partial charge in [-0.05, 0) is 24.6 Å². The summed E-state index contributed by atoms with van der Waals surface area (Å²) in [5.74, 6) is 0. The minimum Gasteiger partial charge on any atom is -0.314 e. The number of nitriles is 1. The predicted molar refractivity (Wildman–Crippen MR) is 68.9 cm³/mol. The standard InChI is InChI=1S/C13H16ClN3/c1-10-8-16-4-5-17(10)9-12-3-2-11(7-15)6-13(12)14/h2-3,6,10,16H,4-5,8-9H2,1H3. The summed E-state index contributed by atoms with van der Waals surface area (Å²) in [7, 11) is 0. The highest BCUT2D eigenvalue weighted by atomic mass is 35.5. The number of hydrogen-bond donors (Lipinski definition) is 1. The quantitative estimate of drug-likeness (QED) is 0.872. The summed E-state index contributed by atoms with van der Waals surface area (Å²) in [6, 6.07) is 8.14. The summed E-state index contributed by atoms with van der Waals surface area (Å²) in [6.07, 6.45) is 0. The third kappa shape index (κ3) is 2.98. The smallest absolute Gasteiger partial charge is 0.0992 e. The van der Waals surface area contributed by atoms with Gasteiger partial charge in [0.25, 0.3) is 0 Å². The summed E-state index contributed by atoms with van der Waals surface area (Å²) < 4.78 is 0. The molecular weight excluding hydrogens is 234 g/mol. The van der Waals surface area contributed by atoms with E-state index in [1.54, 1.807) is 6.07 Å². The van der Waals surface area contributed by atoms with Crippen LogP contribution in [0.25, 0.3) is 0 Å². The van der Waals surface area contributed by atoms with E-state index in [4.69, 9.17) is 16.9 Å². The number of rotatable bonds is 2. The normalized spacial score (nSPS) is 21.1. The zero-order chi connectivity index (χ0) is 12.3. The third-order valence-electron chi connectivity index (χ3n) is 3.19. The molecule has 0 aromatic heterocycles. The van der Waals surface area contributed by atoms with Crippen LogP contribution in [0.1, 0.15) is 18.1 Å². The van der Waals surface area contributed by atoms with Gasteiger partial charge in [0, 0.05) is 37.2 Å². The van der Waals surface area contributed by atoms with E-state index in [1.807, 2.05) is 12.1 Å². The van der Waals surface area contributed by atoms with Crippen LogP contribution >= 0.6 is 11.6 Å². The average Bonchev–Trinajstić information content (AvgIpc) is 2.34. The molecule has 1 aliphatic heterocycles. The number of piperazine rings is 1. The van der Waals surface area contributed by atoms with Crippen molar-refractivity contribution in [3.05, 3.63) is 34.3 Å². The van der Waals surface area contributed by atoms with E-state index in [1.165, 1.54) is 0 Å². The molecule has 1 atom stereocenters. The third-order valence-corrected chi connectivity index (χ3v) is 3.55. The first-order valence-corrected chi connectivity index (χ1v) is 6.22. The lowest BCUT2D eigenvalue weighted by atomic mass is 10.1. The van der Waals surface area contributed by atoms with E-state index in [0.717, 1.165) is 31.7 Å². The van der Waals surface area contributed by atoms with Crippen molar-refractivity contribution in [3.63, 3.8) is 0 Å². The Kier molecular flexibility index (Phi) is 4.01. The van der Waals surface area contributed by atoms with Crippen molar-refractivity contribution in [2.75, 3.05) is 19.6 Å². The van der Waals surface area contributed by atoms with Crippen LogP contribution < -0.4 is 5.32 Å². The van der Waals surface area contributed by atoms with E-state index in [0.29, 0.717) is 16.6 Å². The lowest BCUT2D eigenvalue weighted by molar-refractivity contribution is 0.165. The molecule has 4 heteroatoms. The fourth-order valence-corrected chi connectivity index (χ4v) is 2.32. The molecule has 0 bridgehead atoms. The van der Waals surface area contributed by atoms with Crippen LogP contribution in [0, 0.1) is 11.3 Å². The zero-order valence-corrected chi connectivity index (χ0v) is 10.7. The van der Waals surface area contributed by atoms with Gasteiger partial charge in [-0.15, -0.1) is 0 Å². The first-order valence-electron chi connectivity index (χ1n) is 5.84. The maximum absolute atomic E-state index is 8.79. The molecule has 1 saturated heterocycles. The molecule has 1 aromatic carbocycles. The summed E-state index contributed by atoms with van der Waals surface area (Å²) in [6.45, 7) is 6.15. The summed E-state index contributed by atoms with van der Waals surface area (Å²) in [5, 5.41) is 12.8. The number of nitrogens with one attached hydrogen (secondary N) is 1. The molecule has 1 aromatic rings. The lowest BCUT2D eigenvalue weighted by Gasteiger charge is -2.34. The van der Waals surface area contributed by atoms with Crippen molar-refractivity contribution in [2.24, 2.45) is 0 Å². The van der Waals surface area contributed by atoms with E-state index in [-0.39, 0.29) is 0 Å². The van der Waals surface area contributed by atoms with Gasteiger partial charge < -0.3 is 5.32 Å². The van der Waals surface area contributed by atoms with Gasteiger partial charge in [0.2, 0.25) is 0 Å². The molecule has 3 nitrogen and oxygen atoms in total. The molecule has 0 radical (unpaired) electrons. The Labute approximate surface area is 107 Å².